The molecule has 0 aliphatic heterocycles. The molecule has 0 radical (unpaired) electrons. The van der Waals surface area contributed by atoms with Crippen LogP contribution in [0.4, 0.5) is 0 Å². The van der Waals surface area contributed by atoms with Gasteiger partial charge in [0, 0.05) is 22.2 Å². The summed E-state index contributed by atoms with van der Waals surface area (Å²) in [6, 6.07) is 5.61. The number of nitrogens with one attached hydrogen (secondary N) is 1. The molecule has 0 saturated heterocycles. The molecule has 0 amide bonds. The van der Waals surface area contributed by atoms with Gasteiger partial charge in [0.15, 0.2) is 5.84 Å². The van der Waals surface area contributed by atoms with Crippen LogP contribution >= 0.6 is 0 Å². The summed E-state index contributed by atoms with van der Waals surface area (Å²) in [6.45, 7) is 1.87. The molecule has 1 aromatic carbocycles. The maximum absolute atomic E-state index is 8.73. The Morgan fingerprint density at radius 3 is 2.88 bits per heavy atom. The van der Waals surface area contributed by atoms with Crippen LogP contribution in [0.1, 0.15) is 11.3 Å². The van der Waals surface area contributed by atoms with E-state index in [2.05, 4.69) is 10.1 Å². The molecular formula is C11H13N3O2. The van der Waals surface area contributed by atoms with E-state index in [9.17, 15) is 0 Å². The topological polar surface area (TPSA) is 83.6 Å². The largest absolute Gasteiger partial charge is 0.497 e. The highest BCUT2D eigenvalue weighted by Gasteiger charge is 2.12. The molecule has 0 fully saturated rings. The number of benzene rings is 1. The third-order valence-electron chi connectivity index (χ3n) is 2.56. The van der Waals surface area contributed by atoms with Crippen LogP contribution in [0, 0.1) is 6.92 Å². The van der Waals surface area contributed by atoms with Gasteiger partial charge in [-0.25, -0.2) is 0 Å². The van der Waals surface area contributed by atoms with E-state index in [1.54, 1.807) is 7.11 Å². The fourth-order valence-electron chi connectivity index (χ4n) is 1.81. The van der Waals surface area contributed by atoms with Gasteiger partial charge in [-0.3, -0.25) is 0 Å². The Morgan fingerprint density at radius 1 is 1.50 bits per heavy atom. The van der Waals surface area contributed by atoms with Crippen LogP contribution in [0.15, 0.2) is 23.4 Å². The minimum atomic E-state index is 0.0944. The number of aromatic nitrogens is 1. The Bertz CT molecular complexity index is 558. The lowest BCUT2D eigenvalue weighted by atomic mass is 10.1. The summed E-state index contributed by atoms with van der Waals surface area (Å²) in [4.78, 5) is 3.17. The average molecular weight is 219 g/mol. The predicted molar refractivity (Wildman–Crippen MR) is 62.1 cm³/mol. The summed E-state index contributed by atoms with van der Waals surface area (Å²) in [5, 5.41) is 12.6. The smallest absolute Gasteiger partial charge is 0.172 e. The van der Waals surface area contributed by atoms with Crippen molar-refractivity contribution in [2.24, 2.45) is 10.9 Å². The van der Waals surface area contributed by atoms with E-state index in [0.29, 0.717) is 5.56 Å². The van der Waals surface area contributed by atoms with Crippen molar-refractivity contribution in [3.8, 4) is 5.75 Å². The third-order valence-corrected chi connectivity index (χ3v) is 2.56. The average Bonchev–Trinajstić information content (AvgIpc) is 2.63. The van der Waals surface area contributed by atoms with Crippen molar-refractivity contribution in [1.82, 2.24) is 4.98 Å². The predicted octanol–water partition coefficient (Wildman–Crippen LogP) is 1.58. The van der Waals surface area contributed by atoms with Crippen molar-refractivity contribution in [2.45, 2.75) is 6.92 Å². The number of aromatic amines is 1. The lowest BCUT2D eigenvalue weighted by molar-refractivity contribution is 0.318. The van der Waals surface area contributed by atoms with Crippen molar-refractivity contribution < 1.29 is 9.94 Å². The van der Waals surface area contributed by atoms with Gasteiger partial charge in [0.1, 0.15) is 5.75 Å². The zero-order chi connectivity index (χ0) is 11.7. The van der Waals surface area contributed by atoms with Crippen LogP contribution in [0.3, 0.4) is 0 Å². The van der Waals surface area contributed by atoms with Gasteiger partial charge in [0.25, 0.3) is 0 Å². The Kier molecular flexibility index (Phi) is 2.44. The van der Waals surface area contributed by atoms with Gasteiger partial charge in [0.05, 0.1) is 7.11 Å². The van der Waals surface area contributed by atoms with Crippen LogP contribution in [0.25, 0.3) is 10.9 Å². The summed E-state index contributed by atoms with van der Waals surface area (Å²) in [5.74, 6) is 0.829. The monoisotopic (exact) mass is 219 g/mol. The number of fused-ring (bicyclic) bond motifs is 1. The minimum absolute atomic E-state index is 0.0944. The number of H-pyrrole nitrogens is 1. The van der Waals surface area contributed by atoms with Crippen LogP contribution in [0.2, 0.25) is 0 Å². The van der Waals surface area contributed by atoms with Crippen molar-refractivity contribution in [1.29, 1.82) is 0 Å². The number of rotatable bonds is 2. The third kappa shape index (κ3) is 1.46. The number of oxime groups is 1. The molecule has 1 aromatic heterocycles. The second-order valence-electron chi connectivity index (χ2n) is 3.52. The Balaban J connectivity index is 2.75. The Hall–Kier alpha value is -2.17. The van der Waals surface area contributed by atoms with E-state index in [1.807, 2.05) is 25.1 Å². The van der Waals surface area contributed by atoms with E-state index in [1.165, 1.54) is 0 Å². The van der Waals surface area contributed by atoms with E-state index >= 15 is 0 Å². The van der Waals surface area contributed by atoms with Crippen LogP contribution < -0.4 is 10.5 Å². The van der Waals surface area contributed by atoms with Crippen molar-refractivity contribution in [2.75, 3.05) is 7.11 Å². The molecule has 5 heteroatoms. The van der Waals surface area contributed by atoms with E-state index in [-0.39, 0.29) is 5.84 Å². The second kappa shape index (κ2) is 3.77. The highest BCUT2D eigenvalue weighted by Crippen LogP contribution is 2.26. The molecule has 4 N–H and O–H groups in total. The SMILES string of the molecule is COc1ccc2[nH]c(C)c(C(N)=NO)c2c1. The lowest BCUT2D eigenvalue weighted by Gasteiger charge is -2.01. The number of nitrogens with two attached hydrogens (primary N) is 1. The molecule has 2 rings (SSSR count). The normalized spacial score (nSPS) is 12.0. The first-order valence-electron chi connectivity index (χ1n) is 4.81. The molecule has 0 spiro atoms. The molecule has 0 unspecified atom stereocenters. The number of aryl methyl sites for hydroxylation is 1. The number of nitrogens with zero attached hydrogens (tertiary/aromatic N) is 1. The number of amidine groups is 1. The summed E-state index contributed by atoms with van der Waals surface area (Å²) >= 11 is 0. The summed E-state index contributed by atoms with van der Waals surface area (Å²) in [5.41, 5.74) is 8.13. The number of ether oxygens (including phenoxy) is 1. The second-order valence-corrected chi connectivity index (χ2v) is 3.52. The number of methoxy groups -OCH3 is 1. The van der Waals surface area contributed by atoms with Crippen LogP contribution in [-0.4, -0.2) is 23.1 Å². The summed E-state index contributed by atoms with van der Waals surface area (Å²) < 4.78 is 5.14. The fraction of sp³-hybridized carbons (Fsp3) is 0.182. The zero-order valence-corrected chi connectivity index (χ0v) is 9.11. The molecule has 0 aliphatic carbocycles. The first kappa shape index (κ1) is 10.4. The van der Waals surface area contributed by atoms with E-state index < -0.39 is 0 Å². The van der Waals surface area contributed by atoms with Crippen LogP contribution in [0.5, 0.6) is 5.75 Å². The molecule has 2 aromatic rings. The summed E-state index contributed by atoms with van der Waals surface area (Å²) in [6.07, 6.45) is 0. The van der Waals surface area contributed by atoms with E-state index in [4.69, 9.17) is 15.7 Å². The van der Waals surface area contributed by atoms with Gasteiger partial charge in [-0.15, -0.1) is 0 Å². The maximum Gasteiger partial charge on any atom is 0.172 e. The molecule has 0 saturated carbocycles. The molecule has 5 nitrogen and oxygen atoms in total. The van der Waals surface area contributed by atoms with Crippen molar-refractivity contribution >= 4 is 16.7 Å². The molecular weight excluding hydrogens is 206 g/mol. The lowest BCUT2D eigenvalue weighted by Crippen LogP contribution is -2.13. The Morgan fingerprint density at radius 2 is 2.25 bits per heavy atom. The number of hydrogen-bond acceptors (Lipinski definition) is 3. The summed E-state index contributed by atoms with van der Waals surface area (Å²) in [7, 11) is 1.60. The number of hydrogen-bond donors (Lipinski definition) is 3. The van der Waals surface area contributed by atoms with Gasteiger partial charge in [-0.05, 0) is 25.1 Å². The molecule has 0 bridgehead atoms. The molecule has 0 atom stereocenters. The zero-order valence-electron chi connectivity index (χ0n) is 9.11. The highest BCUT2D eigenvalue weighted by atomic mass is 16.5. The fourth-order valence-corrected chi connectivity index (χ4v) is 1.81. The Labute approximate surface area is 92.5 Å². The quantitative estimate of drug-likeness (QED) is 0.310. The van der Waals surface area contributed by atoms with Crippen molar-refractivity contribution in [3.63, 3.8) is 0 Å². The van der Waals surface area contributed by atoms with Crippen LogP contribution in [-0.2, 0) is 0 Å². The van der Waals surface area contributed by atoms with Gasteiger partial charge >= 0.3 is 0 Å². The molecule has 16 heavy (non-hydrogen) atoms. The first-order valence-corrected chi connectivity index (χ1v) is 4.81. The van der Waals surface area contributed by atoms with Gasteiger partial charge in [-0.1, -0.05) is 5.16 Å². The molecule has 0 aliphatic rings. The highest BCUT2D eigenvalue weighted by molar-refractivity contribution is 6.10. The first-order chi connectivity index (χ1) is 7.67. The van der Waals surface area contributed by atoms with Gasteiger partial charge in [0.2, 0.25) is 0 Å². The van der Waals surface area contributed by atoms with Gasteiger partial charge in [-0.2, -0.15) is 0 Å². The molecule has 1 heterocycles. The standard InChI is InChI=1S/C11H13N3O2/c1-6-10(11(12)14-15)8-5-7(16-2)3-4-9(8)13-6/h3-5,13,15H,1-2H3,(H2,12,14). The minimum Gasteiger partial charge on any atom is -0.497 e. The van der Waals surface area contributed by atoms with Gasteiger partial charge < -0.3 is 20.7 Å². The van der Waals surface area contributed by atoms with E-state index in [0.717, 1.165) is 22.3 Å². The maximum atomic E-state index is 8.73. The van der Waals surface area contributed by atoms with Crippen molar-refractivity contribution in [3.05, 3.63) is 29.5 Å². The molecule has 84 valence electrons.